The monoisotopic (exact) mass is 320 g/mol. The Morgan fingerprint density at radius 1 is 1.43 bits per heavy atom. The SMILES string of the molecule is O=C(c1cnco1)N1CCO[C@](CO)(Cc2ccccc2F)C1. The number of amides is 1. The number of rotatable bonds is 4. The van der Waals surface area contributed by atoms with Crippen molar-refractivity contribution in [2.45, 2.75) is 12.0 Å². The standard InChI is InChI=1S/C16H17FN2O4/c17-13-4-2-1-3-12(13)7-16(10-20)9-19(5-6-23-16)15(21)14-8-18-11-22-14/h1-4,8,11,20H,5-7,9-10H2/t16-/m1/s1. The van der Waals surface area contributed by atoms with Gasteiger partial charge in [0.05, 0.1) is 26.0 Å². The normalized spacial score (nSPS) is 21.4. The van der Waals surface area contributed by atoms with E-state index in [0.29, 0.717) is 12.1 Å². The average Bonchev–Trinajstić information content (AvgIpc) is 3.11. The van der Waals surface area contributed by atoms with Gasteiger partial charge >= 0.3 is 0 Å². The molecule has 1 aliphatic rings. The number of hydrogen-bond donors (Lipinski definition) is 1. The van der Waals surface area contributed by atoms with Crippen LogP contribution in [0.3, 0.4) is 0 Å². The first-order chi connectivity index (χ1) is 11.1. The maximum atomic E-state index is 13.9. The third kappa shape index (κ3) is 3.25. The van der Waals surface area contributed by atoms with Gasteiger partial charge < -0.3 is 19.2 Å². The molecule has 2 heterocycles. The van der Waals surface area contributed by atoms with Gasteiger partial charge in [-0.05, 0) is 11.6 Å². The Hall–Kier alpha value is -2.25. The van der Waals surface area contributed by atoms with E-state index in [0.717, 1.165) is 0 Å². The highest BCUT2D eigenvalue weighted by Crippen LogP contribution is 2.25. The molecule has 1 saturated heterocycles. The average molecular weight is 320 g/mol. The number of oxazole rings is 1. The van der Waals surface area contributed by atoms with Gasteiger partial charge in [0.2, 0.25) is 5.76 Å². The molecular weight excluding hydrogens is 303 g/mol. The molecular formula is C16H17FN2O4. The lowest BCUT2D eigenvalue weighted by Crippen LogP contribution is -2.56. The van der Waals surface area contributed by atoms with Crippen molar-refractivity contribution in [3.05, 3.63) is 54.0 Å². The van der Waals surface area contributed by atoms with E-state index in [9.17, 15) is 14.3 Å². The first-order valence-electron chi connectivity index (χ1n) is 7.29. The molecule has 1 fully saturated rings. The van der Waals surface area contributed by atoms with Gasteiger partial charge in [0.1, 0.15) is 11.4 Å². The van der Waals surface area contributed by atoms with Gasteiger partial charge in [-0.15, -0.1) is 0 Å². The van der Waals surface area contributed by atoms with Crippen LogP contribution in [0.4, 0.5) is 4.39 Å². The summed E-state index contributed by atoms with van der Waals surface area (Å²) in [5.74, 6) is -0.551. The van der Waals surface area contributed by atoms with Gasteiger partial charge in [-0.1, -0.05) is 18.2 Å². The largest absolute Gasteiger partial charge is 0.438 e. The second-order valence-corrected chi connectivity index (χ2v) is 5.55. The second-order valence-electron chi connectivity index (χ2n) is 5.55. The maximum absolute atomic E-state index is 13.9. The first kappa shape index (κ1) is 15.6. The van der Waals surface area contributed by atoms with Crippen LogP contribution >= 0.6 is 0 Å². The molecule has 1 amide bonds. The summed E-state index contributed by atoms with van der Waals surface area (Å²) < 4.78 is 24.6. The summed E-state index contributed by atoms with van der Waals surface area (Å²) in [6.07, 6.45) is 2.71. The predicted octanol–water partition coefficient (Wildman–Crippen LogP) is 1.26. The Morgan fingerprint density at radius 3 is 2.96 bits per heavy atom. The molecule has 1 aromatic heterocycles. The second kappa shape index (κ2) is 6.47. The molecule has 1 aliphatic heterocycles. The number of nitrogens with zero attached hydrogens (tertiary/aromatic N) is 2. The molecule has 1 N–H and O–H groups in total. The fourth-order valence-electron chi connectivity index (χ4n) is 2.74. The fraction of sp³-hybridized carbons (Fsp3) is 0.375. The highest BCUT2D eigenvalue weighted by Gasteiger charge is 2.39. The number of aromatic nitrogens is 1. The lowest BCUT2D eigenvalue weighted by Gasteiger charge is -2.41. The lowest BCUT2D eigenvalue weighted by molar-refractivity contribution is -0.124. The van der Waals surface area contributed by atoms with Crippen molar-refractivity contribution in [1.82, 2.24) is 9.88 Å². The van der Waals surface area contributed by atoms with Gasteiger partial charge in [-0.25, -0.2) is 9.37 Å². The molecule has 3 rings (SSSR count). The first-order valence-corrected chi connectivity index (χ1v) is 7.29. The summed E-state index contributed by atoms with van der Waals surface area (Å²) in [6, 6.07) is 6.34. The van der Waals surface area contributed by atoms with Crippen LogP contribution in [0.1, 0.15) is 16.1 Å². The molecule has 23 heavy (non-hydrogen) atoms. The van der Waals surface area contributed by atoms with Crippen LogP contribution in [0.2, 0.25) is 0 Å². The molecule has 1 aromatic carbocycles. The summed E-state index contributed by atoms with van der Waals surface area (Å²) in [4.78, 5) is 17.6. The van der Waals surface area contributed by atoms with Crippen LogP contribution in [0.15, 0.2) is 41.3 Å². The van der Waals surface area contributed by atoms with Crippen molar-refractivity contribution in [3.63, 3.8) is 0 Å². The quantitative estimate of drug-likeness (QED) is 0.918. The van der Waals surface area contributed by atoms with Crippen molar-refractivity contribution in [2.24, 2.45) is 0 Å². The van der Waals surface area contributed by atoms with Gasteiger partial charge in [-0.2, -0.15) is 0 Å². The highest BCUT2D eigenvalue weighted by atomic mass is 19.1. The molecule has 0 aliphatic carbocycles. The topological polar surface area (TPSA) is 75.8 Å². The zero-order chi connectivity index (χ0) is 16.3. The zero-order valence-corrected chi connectivity index (χ0v) is 12.4. The lowest BCUT2D eigenvalue weighted by atomic mass is 9.92. The zero-order valence-electron chi connectivity index (χ0n) is 12.4. The highest BCUT2D eigenvalue weighted by molar-refractivity contribution is 5.91. The van der Waals surface area contributed by atoms with E-state index in [1.54, 1.807) is 18.2 Å². The van der Waals surface area contributed by atoms with Crippen molar-refractivity contribution in [3.8, 4) is 0 Å². The summed E-state index contributed by atoms with van der Waals surface area (Å²) in [7, 11) is 0. The van der Waals surface area contributed by atoms with E-state index >= 15 is 0 Å². The summed E-state index contributed by atoms with van der Waals surface area (Å²) in [6.45, 7) is 0.465. The number of morpholine rings is 1. The third-order valence-electron chi connectivity index (χ3n) is 3.94. The number of aliphatic hydroxyl groups excluding tert-OH is 1. The van der Waals surface area contributed by atoms with Gasteiger partial charge in [0.15, 0.2) is 6.39 Å². The van der Waals surface area contributed by atoms with E-state index in [1.807, 2.05) is 0 Å². The van der Waals surface area contributed by atoms with Gasteiger partial charge in [0.25, 0.3) is 5.91 Å². The van der Waals surface area contributed by atoms with Crippen LogP contribution in [-0.2, 0) is 11.2 Å². The Morgan fingerprint density at radius 2 is 2.26 bits per heavy atom. The molecule has 0 radical (unpaired) electrons. The number of ether oxygens (including phenoxy) is 1. The van der Waals surface area contributed by atoms with Crippen molar-refractivity contribution < 1.29 is 23.4 Å². The number of hydrogen-bond acceptors (Lipinski definition) is 5. The van der Waals surface area contributed by atoms with Crippen LogP contribution in [0.5, 0.6) is 0 Å². The predicted molar refractivity (Wildman–Crippen MR) is 78.3 cm³/mol. The van der Waals surface area contributed by atoms with Crippen LogP contribution in [-0.4, -0.2) is 52.8 Å². The van der Waals surface area contributed by atoms with Crippen molar-refractivity contribution in [1.29, 1.82) is 0 Å². The minimum absolute atomic E-state index is 0.129. The molecule has 0 spiro atoms. The maximum Gasteiger partial charge on any atom is 0.291 e. The molecule has 7 heteroatoms. The number of carbonyl (C=O) groups is 1. The minimum atomic E-state index is -1.03. The van der Waals surface area contributed by atoms with Crippen molar-refractivity contribution >= 4 is 5.91 Å². The van der Waals surface area contributed by atoms with E-state index < -0.39 is 5.60 Å². The molecule has 1 atom stereocenters. The summed E-state index contributed by atoms with van der Waals surface area (Å²) in [5.41, 5.74) is -0.591. The number of benzene rings is 1. The minimum Gasteiger partial charge on any atom is -0.438 e. The molecule has 0 unspecified atom stereocenters. The summed E-state index contributed by atoms with van der Waals surface area (Å²) >= 11 is 0. The number of aliphatic hydroxyl groups is 1. The summed E-state index contributed by atoms with van der Waals surface area (Å²) in [5, 5.41) is 9.80. The van der Waals surface area contributed by atoms with E-state index in [-0.39, 0.29) is 43.7 Å². The van der Waals surface area contributed by atoms with Crippen molar-refractivity contribution in [2.75, 3.05) is 26.3 Å². The van der Waals surface area contributed by atoms with E-state index in [1.165, 1.54) is 23.6 Å². The molecule has 122 valence electrons. The Bertz CT molecular complexity index is 676. The molecule has 0 bridgehead atoms. The Labute approximate surface area is 132 Å². The van der Waals surface area contributed by atoms with E-state index in [2.05, 4.69) is 4.98 Å². The van der Waals surface area contributed by atoms with Gasteiger partial charge in [0, 0.05) is 13.0 Å². The molecule has 6 nitrogen and oxygen atoms in total. The smallest absolute Gasteiger partial charge is 0.291 e. The Balaban J connectivity index is 1.79. The number of halogens is 1. The number of carbonyl (C=O) groups excluding carboxylic acids is 1. The van der Waals surface area contributed by atoms with Crippen LogP contribution in [0.25, 0.3) is 0 Å². The van der Waals surface area contributed by atoms with Gasteiger partial charge in [-0.3, -0.25) is 4.79 Å². The Kier molecular flexibility index (Phi) is 4.40. The van der Waals surface area contributed by atoms with E-state index in [4.69, 9.17) is 9.15 Å². The molecule has 0 saturated carbocycles. The third-order valence-corrected chi connectivity index (χ3v) is 3.94. The molecule has 2 aromatic rings. The van der Waals surface area contributed by atoms with Crippen LogP contribution in [0, 0.1) is 5.82 Å². The fourth-order valence-corrected chi connectivity index (χ4v) is 2.74. The van der Waals surface area contributed by atoms with Crippen LogP contribution < -0.4 is 0 Å².